The van der Waals surface area contributed by atoms with Crippen molar-refractivity contribution in [2.75, 3.05) is 0 Å². The molecule has 4 aromatic carbocycles. The van der Waals surface area contributed by atoms with Crippen LogP contribution in [0.15, 0.2) is 121 Å². The second-order valence-electron chi connectivity index (χ2n) is 6.06. The minimum atomic E-state index is -0.784. The van der Waals surface area contributed by atoms with Crippen LogP contribution in [0.5, 0.6) is 0 Å². The maximum absolute atomic E-state index is 5.49. The van der Waals surface area contributed by atoms with E-state index in [1.165, 1.54) is 21.2 Å². The van der Waals surface area contributed by atoms with Gasteiger partial charge >= 0.3 is 58.2 Å². The summed E-state index contributed by atoms with van der Waals surface area (Å²) in [6.45, 7) is 0. The third-order valence-corrected chi connectivity index (χ3v) is 8.76. The summed E-state index contributed by atoms with van der Waals surface area (Å²) < 4.78 is 0. The molecule has 0 aliphatic heterocycles. The molecule has 0 aliphatic rings. The van der Waals surface area contributed by atoms with Gasteiger partial charge < -0.3 is 4.86 Å². The van der Waals surface area contributed by atoms with Crippen molar-refractivity contribution in [2.24, 2.45) is 0 Å². The Labute approximate surface area is 219 Å². The SMILES string of the molecule is [Rb+].c1ccc(P([N-]P(c2ccccc2)c2ccccc2)c2ccccc2)cc1. The Balaban J connectivity index is 0.00000225. The van der Waals surface area contributed by atoms with Crippen LogP contribution in [0, 0.1) is 0 Å². The second kappa shape index (κ2) is 11.6. The van der Waals surface area contributed by atoms with E-state index >= 15 is 0 Å². The smallest absolute Gasteiger partial charge is 0.595 e. The summed E-state index contributed by atoms with van der Waals surface area (Å²) in [6, 6.07) is 42.7. The topological polar surface area (TPSA) is 14.1 Å². The number of nitrogens with zero attached hydrogens (tertiary/aromatic N) is 1. The van der Waals surface area contributed by atoms with Gasteiger partial charge in [0.25, 0.3) is 0 Å². The fourth-order valence-electron chi connectivity index (χ4n) is 2.87. The molecule has 1 nitrogen and oxygen atoms in total. The normalized spacial score (nSPS) is 10.6. The molecule has 0 heterocycles. The zero-order valence-corrected chi connectivity index (χ0v) is 22.6. The van der Waals surface area contributed by atoms with Gasteiger partial charge in [-0.25, -0.2) is 0 Å². The summed E-state index contributed by atoms with van der Waals surface area (Å²) in [7, 11) is -1.57. The van der Waals surface area contributed by atoms with Crippen LogP contribution in [0.4, 0.5) is 0 Å². The Morgan fingerprint density at radius 3 is 0.786 bits per heavy atom. The first-order valence-corrected chi connectivity index (χ1v) is 11.5. The molecule has 0 spiro atoms. The monoisotopic (exact) mass is 469 g/mol. The molecule has 0 radical (unpaired) electrons. The molecule has 4 heteroatoms. The Hall–Kier alpha value is -0.495. The fraction of sp³-hybridized carbons (Fsp3) is 0. The first kappa shape index (κ1) is 22.2. The molecule has 132 valence electrons. The zero-order chi connectivity index (χ0) is 18.3. The van der Waals surface area contributed by atoms with Gasteiger partial charge in [-0.05, 0) is 21.2 Å². The number of hydrogen-bond acceptors (Lipinski definition) is 0. The molecule has 4 rings (SSSR count). The van der Waals surface area contributed by atoms with Crippen LogP contribution in [0.1, 0.15) is 0 Å². The van der Waals surface area contributed by atoms with Gasteiger partial charge in [0.2, 0.25) is 0 Å². The molecule has 4 aromatic rings. The van der Waals surface area contributed by atoms with Crippen molar-refractivity contribution in [3.63, 3.8) is 0 Å². The maximum atomic E-state index is 5.49. The standard InChI is InChI=1S/C24H20NP2.Rb/c1-5-13-21(14-6-1)26(22-15-7-2-8-16-22)25-27(23-17-9-3-10-18-23)24-19-11-4-12-20-24;/h1-20H;/q-1;+1. The van der Waals surface area contributed by atoms with E-state index in [2.05, 4.69) is 121 Å². The molecule has 0 atom stereocenters. The van der Waals surface area contributed by atoms with Crippen LogP contribution in [0.3, 0.4) is 0 Å². The Bertz CT molecular complexity index is 791. The van der Waals surface area contributed by atoms with Gasteiger partial charge in [0.15, 0.2) is 0 Å². The average Bonchev–Trinajstić information content (AvgIpc) is 2.77. The Morgan fingerprint density at radius 2 is 0.571 bits per heavy atom. The summed E-state index contributed by atoms with van der Waals surface area (Å²) in [5.74, 6) is 0. The summed E-state index contributed by atoms with van der Waals surface area (Å²) in [6.07, 6.45) is 0. The first-order chi connectivity index (χ1) is 13.4. The van der Waals surface area contributed by atoms with Crippen molar-refractivity contribution in [3.8, 4) is 0 Å². The van der Waals surface area contributed by atoms with Crippen LogP contribution < -0.4 is 79.4 Å². The summed E-state index contributed by atoms with van der Waals surface area (Å²) >= 11 is 0. The largest absolute Gasteiger partial charge is 1.00 e. The van der Waals surface area contributed by atoms with Gasteiger partial charge in [-0.3, -0.25) is 0 Å². The third-order valence-electron chi connectivity index (χ3n) is 4.18. The van der Waals surface area contributed by atoms with Gasteiger partial charge in [-0.15, -0.1) is 0 Å². The van der Waals surface area contributed by atoms with Crippen LogP contribution >= 0.6 is 16.1 Å². The van der Waals surface area contributed by atoms with E-state index in [0.717, 1.165) is 0 Å². The molecule has 28 heavy (non-hydrogen) atoms. The van der Waals surface area contributed by atoms with Crippen LogP contribution in [-0.4, -0.2) is 0 Å². The molecule has 0 saturated carbocycles. The van der Waals surface area contributed by atoms with Gasteiger partial charge in [-0.2, -0.15) is 16.1 Å². The number of rotatable bonds is 6. The van der Waals surface area contributed by atoms with E-state index in [-0.39, 0.29) is 58.2 Å². The zero-order valence-electron chi connectivity index (χ0n) is 15.9. The molecular formula is C24H20NP2Rb. The Kier molecular flexibility index (Phi) is 9.22. The van der Waals surface area contributed by atoms with E-state index in [4.69, 9.17) is 4.86 Å². The maximum Gasteiger partial charge on any atom is 1.00 e. The van der Waals surface area contributed by atoms with Gasteiger partial charge in [0, 0.05) is 0 Å². The van der Waals surface area contributed by atoms with Crippen molar-refractivity contribution in [1.29, 1.82) is 0 Å². The molecule has 0 aliphatic carbocycles. The van der Waals surface area contributed by atoms with Crippen molar-refractivity contribution >= 4 is 37.4 Å². The Morgan fingerprint density at radius 1 is 0.357 bits per heavy atom. The molecule has 0 N–H and O–H groups in total. The van der Waals surface area contributed by atoms with E-state index in [1.807, 2.05) is 0 Å². The average molecular weight is 470 g/mol. The van der Waals surface area contributed by atoms with E-state index < -0.39 is 16.1 Å². The van der Waals surface area contributed by atoms with Gasteiger partial charge in [-0.1, -0.05) is 121 Å². The summed E-state index contributed by atoms with van der Waals surface area (Å²) in [5.41, 5.74) is 0. The van der Waals surface area contributed by atoms with Gasteiger partial charge in [0.1, 0.15) is 0 Å². The van der Waals surface area contributed by atoms with E-state index in [0.29, 0.717) is 0 Å². The molecule has 0 unspecified atom stereocenters. The third kappa shape index (κ3) is 5.77. The molecule has 0 bridgehead atoms. The minimum absolute atomic E-state index is 0. The predicted molar refractivity (Wildman–Crippen MR) is 122 cm³/mol. The van der Waals surface area contributed by atoms with E-state index in [9.17, 15) is 0 Å². The molecular weight excluding hydrogens is 450 g/mol. The van der Waals surface area contributed by atoms with Crippen molar-refractivity contribution in [2.45, 2.75) is 0 Å². The quantitative estimate of drug-likeness (QED) is 0.385. The van der Waals surface area contributed by atoms with Crippen LogP contribution in [-0.2, 0) is 0 Å². The van der Waals surface area contributed by atoms with Gasteiger partial charge in [0.05, 0.1) is 0 Å². The first-order valence-electron chi connectivity index (χ1n) is 8.94. The van der Waals surface area contributed by atoms with Crippen LogP contribution in [0.25, 0.3) is 4.86 Å². The molecule has 0 fully saturated rings. The van der Waals surface area contributed by atoms with Crippen LogP contribution in [0.2, 0.25) is 0 Å². The minimum Gasteiger partial charge on any atom is -0.595 e. The molecule has 0 aromatic heterocycles. The number of benzene rings is 4. The van der Waals surface area contributed by atoms with E-state index in [1.54, 1.807) is 0 Å². The summed E-state index contributed by atoms with van der Waals surface area (Å²) in [4.78, 5) is 5.49. The van der Waals surface area contributed by atoms with Crippen molar-refractivity contribution in [3.05, 3.63) is 126 Å². The van der Waals surface area contributed by atoms with Crippen molar-refractivity contribution < 1.29 is 58.2 Å². The van der Waals surface area contributed by atoms with Crippen molar-refractivity contribution in [1.82, 2.24) is 0 Å². The predicted octanol–water partition coefficient (Wildman–Crippen LogP) is 2.46. The molecule has 0 saturated heterocycles. The fourth-order valence-corrected chi connectivity index (χ4v) is 7.65. The molecule has 0 amide bonds. The second-order valence-corrected chi connectivity index (χ2v) is 10.1. The number of hydrogen-bond donors (Lipinski definition) is 0. The summed E-state index contributed by atoms with van der Waals surface area (Å²) in [5, 5.41) is 5.16.